The molecule has 23 heavy (non-hydrogen) atoms. The quantitative estimate of drug-likeness (QED) is 0.606. The van der Waals surface area contributed by atoms with E-state index in [1.807, 2.05) is 73.9 Å². The van der Waals surface area contributed by atoms with Crippen LogP contribution >= 0.6 is 11.6 Å². The summed E-state index contributed by atoms with van der Waals surface area (Å²) in [7, 11) is 1.66. The minimum absolute atomic E-state index is 0.688. The van der Waals surface area contributed by atoms with E-state index in [-0.39, 0.29) is 0 Å². The summed E-state index contributed by atoms with van der Waals surface area (Å²) >= 11 is 6.04. The molecule has 0 unspecified atom stereocenters. The highest BCUT2D eigenvalue weighted by atomic mass is 35.5. The summed E-state index contributed by atoms with van der Waals surface area (Å²) in [5.74, 6) is 0.839. The molecule has 0 saturated heterocycles. The first-order valence-electron chi connectivity index (χ1n) is 7.29. The molecule has 3 rings (SSSR count). The second-order valence-electron chi connectivity index (χ2n) is 5.19. The SMILES string of the molecule is COc1ccc(-n2cccc2C=Nc2cc(Cl)ccc2C)cc1. The van der Waals surface area contributed by atoms with Gasteiger partial charge in [0.1, 0.15) is 5.75 Å². The van der Waals surface area contributed by atoms with Crippen LogP contribution in [0.15, 0.2) is 65.8 Å². The minimum Gasteiger partial charge on any atom is -0.497 e. The van der Waals surface area contributed by atoms with Gasteiger partial charge in [0.15, 0.2) is 0 Å². The largest absolute Gasteiger partial charge is 0.497 e. The molecule has 0 aliphatic rings. The molecule has 0 aliphatic carbocycles. The topological polar surface area (TPSA) is 26.5 Å². The van der Waals surface area contributed by atoms with E-state index < -0.39 is 0 Å². The Labute approximate surface area is 140 Å². The Kier molecular flexibility index (Phi) is 4.49. The minimum atomic E-state index is 0.688. The predicted molar refractivity (Wildman–Crippen MR) is 95.8 cm³/mol. The van der Waals surface area contributed by atoms with Crippen LogP contribution in [0.25, 0.3) is 5.69 Å². The average molecular weight is 325 g/mol. The third-order valence-electron chi connectivity index (χ3n) is 3.64. The first-order chi connectivity index (χ1) is 11.2. The number of nitrogens with zero attached hydrogens (tertiary/aromatic N) is 2. The Morgan fingerprint density at radius 1 is 1.09 bits per heavy atom. The fourth-order valence-corrected chi connectivity index (χ4v) is 2.50. The Morgan fingerprint density at radius 2 is 1.87 bits per heavy atom. The monoisotopic (exact) mass is 324 g/mol. The smallest absolute Gasteiger partial charge is 0.119 e. The molecule has 0 radical (unpaired) electrons. The lowest BCUT2D eigenvalue weighted by Gasteiger charge is -2.07. The van der Waals surface area contributed by atoms with Crippen LogP contribution in [0.4, 0.5) is 5.69 Å². The van der Waals surface area contributed by atoms with Crippen molar-refractivity contribution in [2.75, 3.05) is 7.11 Å². The number of halogens is 1. The van der Waals surface area contributed by atoms with Gasteiger partial charge in [-0.1, -0.05) is 17.7 Å². The van der Waals surface area contributed by atoms with Crippen molar-refractivity contribution in [3.05, 3.63) is 77.1 Å². The average Bonchev–Trinajstić information content (AvgIpc) is 3.04. The van der Waals surface area contributed by atoms with Gasteiger partial charge in [-0.2, -0.15) is 0 Å². The van der Waals surface area contributed by atoms with Gasteiger partial charge in [-0.3, -0.25) is 4.99 Å². The number of benzene rings is 2. The van der Waals surface area contributed by atoms with Crippen LogP contribution in [0.3, 0.4) is 0 Å². The summed E-state index contributed by atoms with van der Waals surface area (Å²) in [6.07, 6.45) is 3.86. The third kappa shape index (κ3) is 3.46. The van der Waals surface area contributed by atoms with Crippen molar-refractivity contribution in [3.63, 3.8) is 0 Å². The molecule has 1 aromatic heterocycles. The number of aromatic nitrogens is 1. The number of hydrogen-bond donors (Lipinski definition) is 0. The maximum Gasteiger partial charge on any atom is 0.119 e. The highest BCUT2D eigenvalue weighted by Gasteiger charge is 2.02. The van der Waals surface area contributed by atoms with E-state index >= 15 is 0 Å². The van der Waals surface area contributed by atoms with Gasteiger partial charge in [-0.25, -0.2) is 0 Å². The van der Waals surface area contributed by atoms with Gasteiger partial charge in [-0.05, 0) is 61.0 Å². The lowest BCUT2D eigenvalue weighted by Crippen LogP contribution is -1.97. The molecule has 3 nitrogen and oxygen atoms in total. The molecule has 0 aliphatic heterocycles. The van der Waals surface area contributed by atoms with E-state index in [4.69, 9.17) is 16.3 Å². The van der Waals surface area contributed by atoms with Crippen LogP contribution in [0, 0.1) is 6.92 Å². The van der Waals surface area contributed by atoms with Crippen LogP contribution in [-0.4, -0.2) is 17.9 Å². The van der Waals surface area contributed by atoms with Crippen molar-refractivity contribution < 1.29 is 4.74 Å². The standard InChI is InChI=1S/C19H17ClN2O/c1-14-5-6-15(20)12-19(14)21-13-17-4-3-11-22(17)16-7-9-18(23-2)10-8-16/h3-13H,1-2H3. The number of aryl methyl sites for hydroxylation is 1. The van der Waals surface area contributed by atoms with Gasteiger partial charge in [0, 0.05) is 16.9 Å². The van der Waals surface area contributed by atoms with Crippen molar-refractivity contribution in [3.8, 4) is 11.4 Å². The van der Waals surface area contributed by atoms with E-state index in [1.165, 1.54) is 0 Å². The number of methoxy groups -OCH3 is 1. The van der Waals surface area contributed by atoms with E-state index in [1.54, 1.807) is 7.11 Å². The van der Waals surface area contributed by atoms with E-state index in [0.29, 0.717) is 5.02 Å². The maximum absolute atomic E-state index is 6.04. The Hall–Kier alpha value is -2.52. The summed E-state index contributed by atoms with van der Waals surface area (Å²) in [6.45, 7) is 2.02. The second kappa shape index (κ2) is 6.71. The van der Waals surface area contributed by atoms with Gasteiger partial charge in [0.25, 0.3) is 0 Å². The lowest BCUT2D eigenvalue weighted by molar-refractivity contribution is 0.415. The van der Waals surface area contributed by atoms with E-state index in [2.05, 4.69) is 9.56 Å². The van der Waals surface area contributed by atoms with Gasteiger partial charge in [0.05, 0.1) is 24.7 Å². The molecular weight excluding hydrogens is 308 g/mol. The molecular formula is C19H17ClN2O. The van der Waals surface area contributed by atoms with Gasteiger partial charge in [-0.15, -0.1) is 0 Å². The molecule has 0 spiro atoms. The summed E-state index contributed by atoms with van der Waals surface area (Å²) in [5.41, 5.74) is 4.02. The third-order valence-corrected chi connectivity index (χ3v) is 3.87. The summed E-state index contributed by atoms with van der Waals surface area (Å²) < 4.78 is 7.27. The van der Waals surface area contributed by atoms with Crippen LogP contribution in [0.5, 0.6) is 5.75 Å². The van der Waals surface area contributed by atoms with Gasteiger partial charge in [0.2, 0.25) is 0 Å². The molecule has 0 N–H and O–H groups in total. The first kappa shape index (κ1) is 15.4. The van der Waals surface area contributed by atoms with Gasteiger partial charge >= 0.3 is 0 Å². The van der Waals surface area contributed by atoms with Crippen LogP contribution < -0.4 is 4.74 Å². The maximum atomic E-state index is 6.04. The van der Waals surface area contributed by atoms with Crippen molar-refractivity contribution >= 4 is 23.5 Å². The predicted octanol–water partition coefficient (Wildman–Crippen LogP) is 5.20. The molecule has 0 atom stereocenters. The molecule has 2 aromatic carbocycles. The molecule has 0 fully saturated rings. The zero-order chi connectivity index (χ0) is 16.2. The van der Waals surface area contributed by atoms with Crippen LogP contribution in [0.2, 0.25) is 5.02 Å². The van der Waals surface area contributed by atoms with Crippen molar-refractivity contribution in [2.24, 2.45) is 4.99 Å². The number of ether oxygens (including phenoxy) is 1. The zero-order valence-electron chi connectivity index (χ0n) is 13.0. The van der Waals surface area contributed by atoms with E-state index in [9.17, 15) is 0 Å². The lowest BCUT2D eigenvalue weighted by atomic mass is 10.2. The fraction of sp³-hybridized carbons (Fsp3) is 0.105. The normalized spacial score (nSPS) is 11.1. The number of rotatable bonds is 4. The highest BCUT2D eigenvalue weighted by molar-refractivity contribution is 6.30. The van der Waals surface area contributed by atoms with Crippen molar-refractivity contribution in [1.82, 2.24) is 4.57 Å². The molecule has 0 bridgehead atoms. The molecule has 116 valence electrons. The number of hydrogen-bond acceptors (Lipinski definition) is 2. The molecule has 0 amide bonds. The van der Waals surface area contributed by atoms with Crippen LogP contribution in [-0.2, 0) is 0 Å². The second-order valence-corrected chi connectivity index (χ2v) is 5.63. The molecule has 3 aromatic rings. The van der Waals surface area contributed by atoms with Crippen molar-refractivity contribution in [1.29, 1.82) is 0 Å². The highest BCUT2D eigenvalue weighted by Crippen LogP contribution is 2.23. The number of aliphatic imine (C=N–C) groups is 1. The Morgan fingerprint density at radius 3 is 2.61 bits per heavy atom. The fourth-order valence-electron chi connectivity index (χ4n) is 2.33. The molecule has 4 heteroatoms. The van der Waals surface area contributed by atoms with E-state index in [0.717, 1.165) is 28.4 Å². The summed E-state index contributed by atoms with van der Waals surface area (Å²) in [5, 5.41) is 0.688. The molecule has 0 saturated carbocycles. The van der Waals surface area contributed by atoms with Crippen LogP contribution in [0.1, 0.15) is 11.3 Å². The zero-order valence-corrected chi connectivity index (χ0v) is 13.8. The van der Waals surface area contributed by atoms with Gasteiger partial charge < -0.3 is 9.30 Å². The Bertz CT molecular complexity index is 835. The summed E-state index contributed by atoms with van der Waals surface area (Å²) in [6, 6.07) is 17.6. The van der Waals surface area contributed by atoms with Crippen molar-refractivity contribution in [2.45, 2.75) is 6.92 Å². The first-order valence-corrected chi connectivity index (χ1v) is 7.67. The Balaban J connectivity index is 1.91. The molecule has 1 heterocycles. The summed E-state index contributed by atoms with van der Waals surface area (Å²) in [4.78, 5) is 4.57.